The number of ether oxygens (including phenoxy) is 1. The Kier molecular flexibility index (Phi) is 6.23. The Labute approximate surface area is 171 Å². The van der Waals surface area contributed by atoms with Crippen molar-refractivity contribution in [3.63, 3.8) is 0 Å². The van der Waals surface area contributed by atoms with Crippen LogP contribution >= 0.6 is 0 Å². The van der Waals surface area contributed by atoms with E-state index in [0.717, 1.165) is 16.3 Å². The van der Waals surface area contributed by atoms with Crippen LogP contribution in [0.15, 0.2) is 71.6 Å². The van der Waals surface area contributed by atoms with E-state index >= 15 is 0 Å². The largest absolute Gasteiger partial charge is 0.480 e. The summed E-state index contributed by atoms with van der Waals surface area (Å²) in [4.78, 5) is 13.0. The Morgan fingerprint density at radius 1 is 1.00 bits per heavy atom. The molecule has 5 nitrogen and oxygen atoms in total. The van der Waals surface area contributed by atoms with Crippen LogP contribution in [0.3, 0.4) is 0 Å². The number of sulfone groups is 1. The van der Waals surface area contributed by atoms with E-state index in [9.17, 15) is 13.2 Å². The standard InChI is InChI=1S/C23H25NO4S/c1-4-21(18-12-14-19(15-13-18)29(3,26)27)24-23(25)16(2)28-22-11-7-9-17-8-5-6-10-20(17)22/h5-16,21H,4H2,1-3H3,(H,24,25)/t16-,21+/m0/s1. The highest BCUT2D eigenvalue weighted by Crippen LogP contribution is 2.26. The van der Waals surface area contributed by atoms with Crippen LogP contribution in [-0.2, 0) is 14.6 Å². The van der Waals surface area contributed by atoms with Crippen LogP contribution in [0.1, 0.15) is 31.9 Å². The van der Waals surface area contributed by atoms with Gasteiger partial charge in [-0.05, 0) is 42.5 Å². The molecule has 0 aromatic heterocycles. The third-order valence-electron chi connectivity index (χ3n) is 4.86. The number of rotatable bonds is 7. The zero-order valence-electron chi connectivity index (χ0n) is 16.8. The minimum Gasteiger partial charge on any atom is -0.480 e. The molecule has 0 unspecified atom stereocenters. The van der Waals surface area contributed by atoms with Crippen LogP contribution in [0.2, 0.25) is 0 Å². The lowest BCUT2D eigenvalue weighted by atomic mass is 10.0. The van der Waals surface area contributed by atoms with Crippen LogP contribution in [0, 0.1) is 0 Å². The van der Waals surface area contributed by atoms with Gasteiger partial charge in [0.05, 0.1) is 10.9 Å². The molecule has 3 aromatic carbocycles. The lowest BCUT2D eigenvalue weighted by Crippen LogP contribution is -2.38. The number of benzene rings is 3. The average Bonchev–Trinajstić information content (AvgIpc) is 2.71. The minimum absolute atomic E-state index is 0.225. The van der Waals surface area contributed by atoms with Crippen LogP contribution in [0.4, 0.5) is 0 Å². The van der Waals surface area contributed by atoms with Gasteiger partial charge in [-0.25, -0.2) is 8.42 Å². The Balaban J connectivity index is 1.72. The molecule has 0 aliphatic heterocycles. The molecule has 0 aliphatic rings. The monoisotopic (exact) mass is 411 g/mol. The first-order valence-electron chi connectivity index (χ1n) is 9.54. The van der Waals surface area contributed by atoms with Gasteiger partial charge in [0, 0.05) is 11.6 Å². The Morgan fingerprint density at radius 2 is 1.66 bits per heavy atom. The molecule has 0 fully saturated rings. The van der Waals surface area contributed by atoms with Gasteiger partial charge in [-0.1, -0.05) is 55.5 Å². The highest BCUT2D eigenvalue weighted by molar-refractivity contribution is 7.90. The van der Waals surface area contributed by atoms with Crippen LogP contribution in [-0.4, -0.2) is 26.7 Å². The molecule has 152 valence electrons. The number of hydrogen-bond acceptors (Lipinski definition) is 4. The summed E-state index contributed by atoms with van der Waals surface area (Å²) in [5.41, 5.74) is 0.852. The van der Waals surface area contributed by atoms with Crippen molar-refractivity contribution in [2.75, 3.05) is 6.26 Å². The third kappa shape index (κ3) is 4.95. The lowest BCUT2D eigenvalue weighted by molar-refractivity contribution is -0.128. The number of carbonyl (C=O) groups excluding carboxylic acids is 1. The molecule has 0 saturated carbocycles. The predicted molar refractivity (Wildman–Crippen MR) is 115 cm³/mol. The number of nitrogens with one attached hydrogen (secondary N) is 1. The third-order valence-corrected chi connectivity index (χ3v) is 5.99. The number of hydrogen-bond donors (Lipinski definition) is 1. The summed E-state index contributed by atoms with van der Waals surface area (Å²) >= 11 is 0. The zero-order valence-corrected chi connectivity index (χ0v) is 17.6. The number of amides is 1. The molecule has 3 aromatic rings. The van der Waals surface area contributed by atoms with Gasteiger partial charge in [-0.2, -0.15) is 0 Å². The normalized spacial score (nSPS) is 13.6. The summed E-state index contributed by atoms with van der Waals surface area (Å²) in [7, 11) is -3.25. The van der Waals surface area contributed by atoms with E-state index < -0.39 is 15.9 Å². The second kappa shape index (κ2) is 8.66. The molecule has 0 heterocycles. The Hall–Kier alpha value is -2.86. The van der Waals surface area contributed by atoms with E-state index in [1.54, 1.807) is 31.2 Å². The first kappa shape index (κ1) is 20.9. The highest BCUT2D eigenvalue weighted by atomic mass is 32.2. The summed E-state index contributed by atoms with van der Waals surface area (Å²) in [6, 6.07) is 20.0. The second-order valence-corrected chi connectivity index (χ2v) is 9.06. The van der Waals surface area contributed by atoms with Crippen molar-refractivity contribution in [3.8, 4) is 5.75 Å². The highest BCUT2D eigenvalue weighted by Gasteiger charge is 2.20. The van der Waals surface area contributed by atoms with Gasteiger partial charge in [-0.15, -0.1) is 0 Å². The van der Waals surface area contributed by atoms with Crippen molar-refractivity contribution in [2.45, 2.75) is 37.3 Å². The van der Waals surface area contributed by atoms with Crippen molar-refractivity contribution < 1.29 is 17.9 Å². The van der Waals surface area contributed by atoms with Gasteiger partial charge < -0.3 is 10.1 Å². The van der Waals surface area contributed by atoms with E-state index in [-0.39, 0.29) is 16.8 Å². The molecule has 2 atom stereocenters. The van der Waals surface area contributed by atoms with Crippen molar-refractivity contribution in [2.24, 2.45) is 0 Å². The van der Waals surface area contributed by atoms with Gasteiger partial charge in [0.15, 0.2) is 15.9 Å². The average molecular weight is 412 g/mol. The fourth-order valence-electron chi connectivity index (χ4n) is 3.20. The van der Waals surface area contributed by atoms with Gasteiger partial charge in [-0.3, -0.25) is 4.79 Å². The SMILES string of the molecule is CC[C@@H](NC(=O)[C@H](C)Oc1cccc2ccccc12)c1ccc(S(C)(=O)=O)cc1. The van der Waals surface area contributed by atoms with Crippen LogP contribution < -0.4 is 10.1 Å². The van der Waals surface area contributed by atoms with Crippen molar-refractivity contribution in [3.05, 3.63) is 72.3 Å². The molecular formula is C23H25NO4S. The molecule has 0 spiro atoms. The Morgan fingerprint density at radius 3 is 2.31 bits per heavy atom. The Bertz CT molecular complexity index is 1100. The molecular weight excluding hydrogens is 386 g/mol. The molecule has 6 heteroatoms. The summed E-state index contributed by atoms with van der Waals surface area (Å²) in [5.74, 6) is 0.438. The summed E-state index contributed by atoms with van der Waals surface area (Å²) in [6.45, 7) is 3.68. The van der Waals surface area contributed by atoms with E-state index in [2.05, 4.69) is 5.32 Å². The molecule has 0 aliphatic carbocycles. The zero-order chi connectivity index (χ0) is 21.0. The summed E-state index contributed by atoms with van der Waals surface area (Å²) in [5, 5.41) is 5.00. The summed E-state index contributed by atoms with van der Waals surface area (Å²) < 4.78 is 29.2. The summed E-state index contributed by atoms with van der Waals surface area (Å²) in [6.07, 6.45) is 1.17. The van der Waals surface area contributed by atoms with Gasteiger partial charge in [0.2, 0.25) is 0 Å². The number of carbonyl (C=O) groups is 1. The first-order chi connectivity index (χ1) is 13.8. The molecule has 29 heavy (non-hydrogen) atoms. The van der Waals surface area contributed by atoms with Crippen molar-refractivity contribution in [1.29, 1.82) is 0 Å². The van der Waals surface area contributed by atoms with E-state index in [4.69, 9.17) is 4.74 Å². The molecule has 1 N–H and O–H groups in total. The van der Waals surface area contributed by atoms with Crippen LogP contribution in [0.25, 0.3) is 10.8 Å². The van der Waals surface area contributed by atoms with E-state index in [0.29, 0.717) is 12.2 Å². The number of fused-ring (bicyclic) bond motifs is 1. The van der Waals surface area contributed by atoms with Gasteiger partial charge in [0.1, 0.15) is 5.75 Å². The van der Waals surface area contributed by atoms with Gasteiger partial charge >= 0.3 is 0 Å². The minimum atomic E-state index is -3.25. The fraction of sp³-hybridized carbons (Fsp3) is 0.261. The quantitative estimate of drug-likeness (QED) is 0.630. The lowest BCUT2D eigenvalue weighted by Gasteiger charge is -2.21. The van der Waals surface area contributed by atoms with Crippen molar-refractivity contribution in [1.82, 2.24) is 5.32 Å². The maximum absolute atomic E-state index is 12.7. The second-order valence-electron chi connectivity index (χ2n) is 7.05. The van der Waals surface area contributed by atoms with Gasteiger partial charge in [0.25, 0.3) is 5.91 Å². The van der Waals surface area contributed by atoms with E-state index in [1.807, 2.05) is 49.4 Å². The first-order valence-corrected chi connectivity index (χ1v) is 11.4. The predicted octanol–water partition coefficient (Wildman–Crippen LogP) is 4.28. The smallest absolute Gasteiger partial charge is 0.261 e. The fourth-order valence-corrected chi connectivity index (χ4v) is 3.83. The molecule has 0 radical (unpaired) electrons. The molecule has 1 amide bonds. The molecule has 3 rings (SSSR count). The van der Waals surface area contributed by atoms with E-state index in [1.165, 1.54) is 6.26 Å². The van der Waals surface area contributed by atoms with Crippen LogP contribution in [0.5, 0.6) is 5.75 Å². The van der Waals surface area contributed by atoms with Crippen molar-refractivity contribution >= 4 is 26.5 Å². The maximum atomic E-state index is 12.7. The topological polar surface area (TPSA) is 72.5 Å². The molecule has 0 bridgehead atoms. The maximum Gasteiger partial charge on any atom is 0.261 e. The molecule has 0 saturated heterocycles.